The molecule has 1 aromatic heterocycles. The van der Waals surface area contributed by atoms with Gasteiger partial charge in [-0.2, -0.15) is 5.10 Å². The topological polar surface area (TPSA) is 50.1 Å². The number of aromatic nitrogens is 2. The van der Waals surface area contributed by atoms with Crippen LogP contribution in [0.1, 0.15) is 37.9 Å². The van der Waals surface area contributed by atoms with E-state index in [2.05, 4.69) is 23.5 Å². The second-order valence-corrected chi connectivity index (χ2v) is 4.16. The van der Waals surface area contributed by atoms with E-state index in [-0.39, 0.29) is 6.10 Å². The van der Waals surface area contributed by atoms with E-state index in [1.807, 2.05) is 18.7 Å². The summed E-state index contributed by atoms with van der Waals surface area (Å²) in [5.74, 6) is 0. The van der Waals surface area contributed by atoms with Crippen molar-refractivity contribution in [3.05, 3.63) is 17.5 Å². The first kappa shape index (κ1) is 13.2. The highest BCUT2D eigenvalue weighted by molar-refractivity contribution is 5.16. The number of hydrogen-bond donors (Lipinski definition) is 2. The standard InChI is InChI=1S/C12H23N3O/c1-4-11(16)6-7-13-8-10-9-15(3)14-12(10)5-2/h9,11,13,16H,4-8H2,1-3H3. The molecule has 4 heteroatoms. The first-order valence-electron chi connectivity index (χ1n) is 6.07. The Morgan fingerprint density at radius 2 is 2.25 bits per heavy atom. The van der Waals surface area contributed by atoms with Crippen molar-refractivity contribution >= 4 is 0 Å². The van der Waals surface area contributed by atoms with Gasteiger partial charge in [0.15, 0.2) is 0 Å². The zero-order valence-corrected chi connectivity index (χ0v) is 10.5. The Hall–Kier alpha value is -0.870. The van der Waals surface area contributed by atoms with Crippen molar-refractivity contribution in [3.63, 3.8) is 0 Å². The Morgan fingerprint density at radius 3 is 2.88 bits per heavy atom. The second kappa shape index (κ2) is 6.66. The quantitative estimate of drug-likeness (QED) is 0.686. The van der Waals surface area contributed by atoms with Crippen LogP contribution in [0, 0.1) is 0 Å². The lowest BCUT2D eigenvalue weighted by atomic mass is 10.2. The van der Waals surface area contributed by atoms with Crippen molar-refractivity contribution in [3.8, 4) is 0 Å². The largest absolute Gasteiger partial charge is 0.393 e. The van der Waals surface area contributed by atoms with Crippen molar-refractivity contribution in [2.45, 2.75) is 45.8 Å². The highest BCUT2D eigenvalue weighted by Gasteiger charge is 2.05. The summed E-state index contributed by atoms with van der Waals surface area (Å²) in [7, 11) is 1.95. The molecule has 4 nitrogen and oxygen atoms in total. The predicted octanol–water partition coefficient (Wildman–Crippen LogP) is 1.23. The molecule has 0 aliphatic carbocycles. The fourth-order valence-electron chi connectivity index (χ4n) is 1.72. The minimum Gasteiger partial charge on any atom is -0.393 e. The fraction of sp³-hybridized carbons (Fsp3) is 0.750. The molecule has 1 unspecified atom stereocenters. The molecule has 0 aliphatic heterocycles. The maximum Gasteiger partial charge on any atom is 0.0666 e. The van der Waals surface area contributed by atoms with Crippen molar-refractivity contribution in [1.29, 1.82) is 0 Å². The normalized spacial score (nSPS) is 13.0. The average molecular weight is 225 g/mol. The average Bonchev–Trinajstić information content (AvgIpc) is 2.64. The molecule has 0 bridgehead atoms. The van der Waals surface area contributed by atoms with E-state index in [0.717, 1.165) is 38.0 Å². The van der Waals surface area contributed by atoms with Crippen molar-refractivity contribution in [2.24, 2.45) is 7.05 Å². The minimum atomic E-state index is -0.174. The molecule has 0 fully saturated rings. The monoisotopic (exact) mass is 225 g/mol. The Morgan fingerprint density at radius 1 is 1.50 bits per heavy atom. The van der Waals surface area contributed by atoms with E-state index in [1.54, 1.807) is 0 Å². The van der Waals surface area contributed by atoms with Crippen LogP contribution in [0.4, 0.5) is 0 Å². The lowest BCUT2D eigenvalue weighted by Crippen LogP contribution is -2.20. The summed E-state index contributed by atoms with van der Waals surface area (Å²) in [5.41, 5.74) is 2.42. The summed E-state index contributed by atoms with van der Waals surface area (Å²) < 4.78 is 1.86. The van der Waals surface area contributed by atoms with E-state index in [9.17, 15) is 5.11 Å². The van der Waals surface area contributed by atoms with Crippen LogP contribution in [-0.4, -0.2) is 27.5 Å². The van der Waals surface area contributed by atoms with Crippen LogP contribution in [0.3, 0.4) is 0 Å². The van der Waals surface area contributed by atoms with E-state index >= 15 is 0 Å². The molecule has 0 radical (unpaired) electrons. The molecule has 1 atom stereocenters. The summed E-state index contributed by atoms with van der Waals surface area (Å²) in [6, 6.07) is 0. The molecule has 0 aromatic carbocycles. The molecule has 92 valence electrons. The molecule has 16 heavy (non-hydrogen) atoms. The van der Waals surface area contributed by atoms with Gasteiger partial charge in [-0.15, -0.1) is 0 Å². The molecule has 1 rings (SSSR count). The summed E-state index contributed by atoms with van der Waals surface area (Å²) in [5, 5.41) is 17.1. The number of aliphatic hydroxyl groups excluding tert-OH is 1. The lowest BCUT2D eigenvalue weighted by molar-refractivity contribution is 0.159. The third-order valence-corrected chi connectivity index (χ3v) is 2.77. The van der Waals surface area contributed by atoms with Crippen LogP contribution < -0.4 is 5.32 Å². The van der Waals surface area contributed by atoms with Gasteiger partial charge in [0.2, 0.25) is 0 Å². The predicted molar refractivity (Wildman–Crippen MR) is 65.2 cm³/mol. The lowest BCUT2D eigenvalue weighted by Gasteiger charge is -2.08. The number of aryl methyl sites for hydroxylation is 2. The van der Waals surface area contributed by atoms with Gasteiger partial charge in [-0.1, -0.05) is 13.8 Å². The molecule has 1 heterocycles. The molecule has 0 aliphatic rings. The Bertz CT molecular complexity index is 309. The Kier molecular flexibility index (Phi) is 5.49. The van der Waals surface area contributed by atoms with Gasteiger partial charge in [0, 0.05) is 25.4 Å². The highest BCUT2D eigenvalue weighted by atomic mass is 16.3. The summed E-state index contributed by atoms with van der Waals surface area (Å²) in [4.78, 5) is 0. The van der Waals surface area contributed by atoms with Gasteiger partial charge in [0.05, 0.1) is 11.8 Å². The van der Waals surface area contributed by atoms with E-state index < -0.39 is 0 Å². The van der Waals surface area contributed by atoms with Crippen LogP contribution in [0.25, 0.3) is 0 Å². The highest BCUT2D eigenvalue weighted by Crippen LogP contribution is 2.06. The number of rotatable bonds is 7. The molecule has 2 N–H and O–H groups in total. The van der Waals surface area contributed by atoms with Crippen LogP contribution in [0.15, 0.2) is 6.20 Å². The summed E-state index contributed by atoms with van der Waals surface area (Å²) in [6.07, 6.45) is 4.50. The third kappa shape index (κ3) is 3.94. The van der Waals surface area contributed by atoms with Gasteiger partial charge in [0.1, 0.15) is 0 Å². The van der Waals surface area contributed by atoms with E-state index in [1.165, 1.54) is 5.56 Å². The summed E-state index contributed by atoms with van der Waals surface area (Å²) in [6.45, 7) is 5.81. The number of aliphatic hydroxyl groups is 1. The van der Waals surface area contributed by atoms with Crippen molar-refractivity contribution in [1.82, 2.24) is 15.1 Å². The third-order valence-electron chi connectivity index (χ3n) is 2.77. The molecule has 0 spiro atoms. The van der Waals surface area contributed by atoms with Crippen molar-refractivity contribution < 1.29 is 5.11 Å². The maximum atomic E-state index is 9.40. The van der Waals surface area contributed by atoms with Gasteiger partial charge in [-0.05, 0) is 25.8 Å². The molecule has 0 saturated carbocycles. The molecule has 1 aromatic rings. The smallest absolute Gasteiger partial charge is 0.0666 e. The SMILES string of the molecule is CCc1nn(C)cc1CNCCC(O)CC. The van der Waals surface area contributed by atoms with Crippen LogP contribution in [-0.2, 0) is 20.0 Å². The van der Waals surface area contributed by atoms with Crippen molar-refractivity contribution in [2.75, 3.05) is 6.54 Å². The first-order valence-corrected chi connectivity index (χ1v) is 6.07. The van der Waals surface area contributed by atoms with Gasteiger partial charge in [-0.3, -0.25) is 4.68 Å². The van der Waals surface area contributed by atoms with Crippen LogP contribution in [0.2, 0.25) is 0 Å². The van der Waals surface area contributed by atoms with Gasteiger partial charge >= 0.3 is 0 Å². The maximum absolute atomic E-state index is 9.40. The van der Waals surface area contributed by atoms with E-state index in [0.29, 0.717) is 0 Å². The van der Waals surface area contributed by atoms with E-state index in [4.69, 9.17) is 0 Å². The summed E-state index contributed by atoms with van der Waals surface area (Å²) >= 11 is 0. The Labute approximate surface area is 97.7 Å². The zero-order chi connectivity index (χ0) is 12.0. The number of nitrogens with one attached hydrogen (secondary N) is 1. The van der Waals surface area contributed by atoms with Gasteiger partial charge in [0.25, 0.3) is 0 Å². The molecule has 0 amide bonds. The fourth-order valence-corrected chi connectivity index (χ4v) is 1.72. The minimum absolute atomic E-state index is 0.174. The number of hydrogen-bond acceptors (Lipinski definition) is 3. The molecular weight excluding hydrogens is 202 g/mol. The zero-order valence-electron chi connectivity index (χ0n) is 10.5. The Balaban J connectivity index is 2.31. The first-order chi connectivity index (χ1) is 7.67. The number of nitrogens with zero attached hydrogens (tertiary/aromatic N) is 2. The molecule has 0 saturated heterocycles. The molecular formula is C12H23N3O. The van der Waals surface area contributed by atoms with Crippen LogP contribution in [0.5, 0.6) is 0 Å². The van der Waals surface area contributed by atoms with Gasteiger partial charge < -0.3 is 10.4 Å². The van der Waals surface area contributed by atoms with Crippen LogP contribution >= 0.6 is 0 Å². The second-order valence-electron chi connectivity index (χ2n) is 4.16. The van der Waals surface area contributed by atoms with Gasteiger partial charge in [-0.25, -0.2) is 0 Å².